The molecule has 2 heterocycles. The Morgan fingerprint density at radius 1 is 0.404 bits per heavy atom. The standard InChI is InChI=1S/C81H90N2O16/c1-3-76(84)93-40-8-6-5-7-39-90-61-23-27-63(28-24-61)97-80(86)57-18-13-55(14-19-57)52-95-66-31-33-68-69-34-32-67(96-53-56-15-20-58(21-16-56)81(87)98-64-29-25-62(26-30-64)91-41-10-38-88-42-37-54-17-36-74-75(47-54)99-74)51-71(69)79-78(70(68)50-66)82-72-35-22-60(49-73(72)83-79)59-11-9-12-65(48-59)92-45-43-89-44-46-94-77(85)4-2/h3-4,9,11-12,22-35,48-51,54-58,74-75H,1-2,5-8,10,13-21,36-47,52-53H2. The number of nitrogens with zero attached hydrogens (tertiary/aromatic N) is 2. The molecule has 18 nitrogen and oxygen atoms in total. The van der Waals surface area contributed by atoms with E-state index in [9.17, 15) is 19.2 Å². The maximum absolute atomic E-state index is 13.4. The van der Waals surface area contributed by atoms with Crippen molar-refractivity contribution in [1.29, 1.82) is 0 Å². The molecule has 0 amide bonds. The van der Waals surface area contributed by atoms with Gasteiger partial charge in [-0.25, -0.2) is 19.6 Å². The maximum Gasteiger partial charge on any atom is 0.330 e. The molecule has 7 aromatic carbocycles. The highest BCUT2D eigenvalue weighted by molar-refractivity contribution is 6.24. The van der Waals surface area contributed by atoms with Crippen LogP contribution in [0.25, 0.3) is 54.7 Å². The van der Waals surface area contributed by atoms with Gasteiger partial charge in [0, 0.05) is 42.6 Å². The molecule has 3 unspecified atom stereocenters. The normalized spacial score (nSPS) is 19.5. The second kappa shape index (κ2) is 35.1. The molecule has 3 saturated carbocycles. The number of esters is 4. The van der Waals surface area contributed by atoms with Crippen LogP contribution in [0.3, 0.4) is 0 Å². The molecule has 1 saturated heterocycles. The molecule has 0 N–H and O–H groups in total. The summed E-state index contributed by atoms with van der Waals surface area (Å²) in [7, 11) is 0. The van der Waals surface area contributed by atoms with Gasteiger partial charge in [-0.1, -0.05) is 31.4 Å². The highest BCUT2D eigenvalue weighted by Gasteiger charge is 2.43. The van der Waals surface area contributed by atoms with E-state index >= 15 is 0 Å². The van der Waals surface area contributed by atoms with Crippen LogP contribution in [-0.2, 0) is 42.9 Å². The number of carbonyl (C=O) groups is 4. The Kier molecular flexibility index (Phi) is 24.7. The minimum Gasteiger partial charge on any atom is -0.494 e. The Morgan fingerprint density at radius 2 is 0.909 bits per heavy atom. The number of aromatic nitrogens is 2. The number of ether oxygens (including phenoxy) is 12. The minimum absolute atomic E-state index is 0.136. The Hall–Kier alpha value is -9.10. The highest BCUT2D eigenvalue weighted by atomic mass is 16.6. The Bertz CT molecular complexity index is 4050. The number of hydrogen-bond donors (Lipinski definition) is 0. The van der Waals surface area contributed by atoms with E-state index in [1.807, 2.05) is 72.8 Å². The molecular formula is C81H90N2O16. The second-order valence-corrected chi connectivity index (χ2v) is 26.4. The van der Waals surface area contributed by atoms with Crippen molar-refractivity contribution in [3.05, 3.63) is 153 Å². The Labute approximate surface area is 578 Å². The lowest BCUT2D eigenvalue weighted by Gasteiger charge is -2.27. The molecule has 18 heteroatoms. The van der Waals surface area contributed by atoms with Gasteiger partial charge in [-0.3, -0.25) is 9.59 Å². The van der Waals surface area contributed by atoms with Crippen LogP contribution in [0.15, 0.2) is 153 Å². The first-order valence-corrected chi connectivity index (χ1v) is 35.5. The van der Waals surface area contributed by atoms with Gasteiger partial charge in [0.2, 0.25) is 0 Å². The lowest BCUT2D eigenvalue weighted by atomic mass is 9.82. The Balaban J connectivity index is 0.656. The molecule has 0 spiro atoms. The average molecular weight is 1350 g/mol. The predicted octanol–water partition coefficient (Wildman–Crippen LogP) is 15.9. The zero-order chi connectivity index (χ0) is 68.1. The van der Waals surface area contributed by atoms with Crippen LogP contribution in [0, 0.1) is 29.6 Å². The SMILES string of the molecule is C=CC(=O)OCCCCCCOc1ccc(OC(=O)C2CCC(COc3ccc4c5ccc(OCC6CCC(C(=O)Oc7ccc(OCCCOCCC8CCC9OC9C8)cc7)CC6)cc5c5nc6cc(-c7cccc(OCCOCCOC(=O)C=C)c7)ccc6nc5c4c3)CC2)cc1. The summed E-state index contributed by atoms with van der Waals surface area (Å²) in [6, 6.07) is 40.9. The molecule has 3 aliphatic carbocycles. The first-order chi connectivity index (χ1) is 48.6. The van der Waals surface area contributed by atoms with E-state index < -0.39 is 11.9 Å². The topological polar surface area (TPSA) is 208 Å². The van der Waals surface area contributed by atoms with Crippen molar-refractivity contribution in [2.24, 2.45) is 29.6 Å². The fraction of sp³-hybridized carbons (Fsp3) is 0.432. The molecule has 4 aliphatic rings. The zero-order valence-electron chi connectivity index (χ0n) is 56.5. The van der Waals surface area contributed by atoms with Gasteiger partial charge in [-0.15, -0.1) is 0 Å². The van der Waals surface area contributed by atoms with Crippen molar-refractivity contribution >= 4 is 67.5 Å². The van der Waals surface area contributed by atoms with Crippen LogP contribution in [0.4, 0.5) is 0 Å². The molecular weight excluding hydrogens is 1260 g/mol. The lowest BCUT2D eigenvalue weighted by Crippen LogP contribution is -2.27. The number of rotatable bonds is 36. The third-order valence-electron chi connectivity index (χ3n) is 19.4. The summed E-state index contributed by atoms with van der Waals surface area (Å²) in [6.45, 7) is 11.8. The van der Waals surface area contributed by atoms with Crippen LogP contribution in [-0.4, -0.2) is 119 Å². The van der Waals surface area contributed by atoms with Crippen LogP contribution in [0.2, 0.25) is 0 Å². The van der Waals surface area contributed by atoms with Crippen molar-refractivity contribution in [3.63, 3.8) is 0 Å². The molecule has 99 heavy (non-hydrogen) atoms. The van der Waals surface area contributed by atoms with Crippen molar-refractivity contribution in [2.75, 3.05) is 72.7 Å². The molecule has 520 valence electrons. The minimum atomic E-state index is -0.489. The van der Waals surface area contributed by atoms with E-state index in [2.05, 4.69) is 43.5 Å². The van der Waals surface area contributed by atoms with Gasteiger partial charge >= 0.3 is 23.9 Å². The summed E-state index contributed by atoms with van der Waals surface area (Å²) in [6.07, 6.45) is 18.6. The van der Waals surface area contributed by atoms with Crippen molar-refractivity contribution in [3.8, 4) is 51.4 Å². The summed E-state index contributed by atoms with van der Waals surface area (Å²) < 4.78 is 70.0. The first kappa shape index (κ1) is 69.8. The maximum atomic E-state index is 13.4. The lowest BCUT2D eigenvalue weighted by molar-refractivity contribution is -0.141. The van der Waals surface area contributed by atoms with Gasteiger partial charge in [0.15, 0.2) is 0 Å². The van der Waals surface area contributed by atoms with Crippen molar-refractivity contribution in [1.82, 2.24) is 9.97 Å². The second-order valence-electron chi connectivity index (χ2n) is 26.4. The number of unbranched alkanes of at least 4 members (excludes halogenated alkanes) is 3. The van der Waals surface area contributed by atoms with Crippen molar-refractivity contribution < 1.29 is 76.0 Å². The largest absolute Gasteiger partial charge is 0.494 e. The fourth-order valence-electron chi connectivity index (χ4n) is 13.6. The fourth-order valence-corrected chi connectivity index (χ4v) is 13.6. The van der Waals surface area contributed by atoms with E-state index in [0.29, 0.717) is 101 Å². The number of fused-ring (bicyclic) bond motifs is 8. The van der Waals surface area contributed by atoms with Gasteiger partial charge < -0.3 is 56.8 Å². The highest BCUT2D eigenvalue weighted by Crippen LogP contribution is 2.42. The molecule has 8 aromatic rings. The average Bonchev–Trinajstić information content (AvgIpc) is 1.18. The summed E-state index contributed by atoms with van der Waals surface area (Å²) in [4.78, 5) is 60.2. The third kappa shape index (κ3) is 19.9. The van der Waals surface area contributed by atoms with Gasteiger partial charge in [0.25, 0.3) is 0 Å². The van der Waals surface area contributed by atoms with Crippen LogP contribution in [0.1, 0.15) is 109 Å². The number of epoxide rings is 1. The zero-order valence-corrected chi connectivity index (χ0v) is 56.5. The summed E-state index contributed by atoms with van der Waals surface area (Å²) in [5.74, 6) is 4.14. The number of carbonyl (C=O) groups excluding carboxylic acids is 4. The first-order valence-electron chi connectivity index (χ1n) is 35.5. The van der Waals surface area contributed by atoms with Gasteiger partial charge in [-0.2, -0.15) is 0 Å². The van der Waals surface area contributed by atoms with E-state index in [1.165, 1.54) is 25.3 Å². The van der Waals surface area contributed by atoms with Gasteiger partial charge in [0.1, 0.15) is 53.5 Å². The summed E-state index contributed by atoms with van der Waals surface area (Å²) in [5.41, 5.74) is 4.82. The molecule has 1 aliphatic heterocycles. The summed E-state index contributed by atoms with van der Waals surface area (Å²) >= 11 is 0. The van der Waals surface area contributed by atoms with Crippen LogP contribution >= 0.6 is 0 Å². The molecule has 12 rings (SSSR count). The van der Waals surface area contributed by atoms with E-state index in [4.69, 9.17) is 66.8 Å². The smallest absolute Gasteiger partial charge is 0.330 e. The molecule has 0 bridgehead atoms. The van der Waals surface area contributed by atoms with Crippen LogP contribution in [0.5, 0.6) is 40.2 Å². The number of benzene rings is 7. The molecule has 0 radical (unpaired) electrons. The van der Waals surface area contributed by atoms with Crippen molar-refractivity contribution in [2.45, 2.75) is 121 Å². The summed E-state index contributed by atoms with van der Waals surface area (Å²) in [5, 5.41) is 3.83. The van der Waals surface area contributed by atoms with E-state index in [1.54, 1.807) is 24.3 Å². The van der Waals surface area contributed by atoms with E-state index in [-0.39, 0.29) is 48.8 Å². The van der Waals surface area contributed by atoms with Crippen LogP contribution < -0.4 is 33.2 Å². The van der Waals surface area contributed by atoms with Gasteiger partial charge in [0.05, 0.1) is 92.4 Å². The molecule has 1 aromatic heterocycles. The molecule has 4 fully saturated rings. The number of hydrogen-bond acceptors (Lipinski definition) is 18. The predicted molar refractivity (Wildman–Crippen MR) is 378 cm³/mol. The molecule has 3 atom stereocenters. The monoisotopic (exact) mass is 1350 g/mol. The third-order valence-corrected chi connectivity index (χ3v) is 19.4. The Morgan fingerprint density at radius 3 is 1.52 bits per heavy atom. The van der Waals surface area contributed by atoms with E-state index in [0.717, 1.165) is 168 Å². The quantitative estimate of drug-likeness (QED) is 0.00680. The van der Waals surface area contributed by atoms with Gasteiger partial charge in [-0.05, 0) is 252 Å².